The Labute approximate surface area is 67.2 Å². The maximum atomic E-state index is 8.51. The smallest absolute Gasteiger partial charge is 0.133 e. The Morgan fingerprint density at radius 3 is 2.67 bits per heavy atom. The van der Waals surface area contributed by atoms with Gasteiger partial charge < -0.3 is 4.57 Å². The van der Waals surface area contributed by atoms with E-state index in [1.165, 1.54) is 0 Å². The van der Waals surface area contributed by atoms with Crippen LogP contribution in [0.15, 0.2) is 12.3 Å². The molecule has 0 aliphatic rings. The van der Waals surface area contributed by atoms with Crippen LogP contribution in [-0.2, 0) is 7.05 Å². The quantitative estimate of drug-likeness (QED) is 0.623. The molecule has 0 aromatic carbocycles. The van der Waals surface area contributed by atoms with Crippen molar-refractivity contribution in [3.05, 3.63) is 21.5 Å². The monoisotopic (exact) mass is 232 g/mol. The lowest BCUT2D eigenvalue weighted by Gasteiger charge is -1.89. The third-order valence-corrected chi connectivity index (χ3v) is 2.00. The van der Waals surface area contributed by atoms with Gasteiger partial charge in [0.2, 0.25) is 0 Å². The highest BCUT2D eigenvalue weighted by atomic mass is 127. The van der Waals surface area contributed by atoms with E-state index in [1.54, 1.807) is 0 Å². The second-order valence-electron chi connectivity index (χ2n) is 1.73. The molecular weight excluding hydrogens is 227 g/mol. The fourth-order valence-corrected chi connectivity index (χ4v) is 1.29. The van der Waals surface area contributed by atoms with Gasteiger partial charge in [-0.15, -0.1) is 0 Å². The van der Waals surface area contributed by atoms with Crippen molar-refractivity contribution >= 4 is 22.6 Å². The van der Waals surface area contributed by atoms with E-state index in [2.05, 4.69) is 28.7 Å². The summed E-state index contributed by atoms with van der Waals surface area (Å²) in [5, 5.41) is 8.51. The summed E-state index contributed by atoms with van der Waals surface area (Å²) < 4.78 is 2.82. The average molecular weight is 232 g/mol. The summed E-state index contributed by atoms with van der Waals surface area (Å²) in [6.07, 6.45) is 1.88. The van der Waals surface area contributed by atoms with E-state index in [9.17, 15) is 0 Å². The van der Waals surface area contributed by atoms with Crippen molar-refractivity contribution < 1.29 is 0 Å². The number of aromatic nitrogens is 1. The molecule has 1 heterocycles. The van der Waals surface area contributed by atoms with Crippen LogP contribution in [0.5, 0.6) is 0 Å². The van der Waals surface area contributed by atoms with Gasteiger partial charge in [0, 0.05) is 16.8 Å². The summed E-state index contributed by atoms with van der Waals surface area (Å²) >= 11 is 2.14. The lowest BCUT2D eigenvalue weighted by molar-refractivity contribution is 0.906. The maximum Gasteiger partial charge on any atom is 0.133 e. The average Bonchev–Trinajstić information content (AvgIpc) is 2.12. The van der Waals surface area contributed by atoms with Crippen molar-refractivity contribution in [2.24, 2.45) is 7.05 Å². The first-order valence-electron chi connectivity index (χ1n) is 2.46. The van der Waals surface area contributed by atoms with Gasteiger partial charge in [0.1, 0.15) is 11.8 Å². The minimum Gasteiger partial charge on any atom is -0.342 e. The molecule has 0 saturated heterocycles. The van der Waals surface area contributed by atoms with Crippen LogP contribution in [0.2, 0.25) is 0 Å². The summed E-state index contributed by atoms with van der Waals surface area (Å²) in [6, 6.07) is 4.01. The van der Waals surface area contributed by atoms with Crippen molar-refractivity contribution in [2.75, 3.05) is 0 Å². The predicted molar refractivity (Wildman–Crippen MR) is 42.8 cm³/mol. The molecule has 0 aliphatic carbocycles. The Balaban J connectivity index is 3.27. The van der Waals surface area contributed by atoms with Gasteiger partial charge in [-0.25, -0.2) is 0 Å². The molecule has 46 valence electrons. The summed E-state index contributed by atoms with van der Waals surface area (Å²) in [7, 11) is 1.86. The summed E-state index contributed by atoms with van der Waals surface area (Å²) in [5.74, 6) is 0. The van der Waals surface area contributed by atoms with Gasteiger partial charge in [-0.2, -0.15) is 5.26 Å². The highest BCUT2D eigenvalue weighted by molar-refractivity contribution is 14.1. The molecule has 0 N–H and O–H groups in total. The molecule has 1 aromatic rings. The summed E-state index contributed by atoms with van der Waals surface area (Å²) in [4.78, 5) is 0. The number of halogens is 1. The molecule has 9 heavy (non-hydrogen) atoms. The Morgan fingerprint density at radius 1 is 1.78 bits per heavy atom. The zero-order chi connectivity index (χ0) is 6.85. The van der Waals surface area contributed by atoms with Gasteiger partial charge in [0.15, 0.2) is 0 Å². The van der Waals surface area contributed by atoms with Crippen molar-refractivity contribution in [1.82, 2.24) is 4.57 Å². The highest BCUT2D eigenvalue weighted by Crippen LogP contribution is 2.10. The molecular formula is C6H5IN2. The van der Waals surface area contributed by atoms with Gasteiger partial charge in [-0.05, 0) is 28.7 Å². The molecule has 0 radical (unpaired) electrons. The minimum atomic E-state index is 0.732. The SMILES string of the molecule is Cn1ccc(I)c1C#N. The van der Waals surface area contributed by atoms with Crippen LogP contribution < -0.4 is 0 Å². The molecule has 3 heteroatoms. The summed E-state index contributed by atoms with van der Waals surface area (Å²) in [5.41, 5.74) is 0.732. The van der Waals surface area contributed by atoms with E-state index in [0.29, 0.717) is 0 Å². The molecule has 0 bridgehead atoms. The lowest BCUT2D eigenvalue weighted by Crippen LogP contribution is -1.89. The Morgan fingerprint density at radius 2 is 2.44 bits per heavy atom. The van der Waals surface area contributed by atoms with Crippen LogP contribution in [-0.4, -0.2) is 4.57 Å². The Bertz CT molecular complexity index is 237. The van der Waals surface area contributed by atoms with Gasteiger partial charge in [0.25, 0.3) is 0 Å². The van der Waals surface area contributed by atoms with Gasteiger partial charge in [0.05, 0.1) is 0 Å². The first-order chi connectivity index (χ1) is 4.25. The number of hydrogen-bond donors (Lipinski definition) is 0. The zero-order valence-corrected chi connectivity index (χ0v) is 7.08. The van der Waals surface area contributed by atoms with Crippen molar-refractivity contribution in [2.45, 2.75) is 0 Å². The second kappa shape index (κ2) is 2.40. The van der Waals surface area contributed by atoms with E-state index in [1.807, 2.05) is 23.9 Å². The van der Waals surface area contributed by atoms with E-state index in [-0.39, 0.29) is 0 Å². The standard InChI is InChI=1S/C6H5IN2/c1-9-3-2-5(7)6(9)4-8/h2-3H,1H3. The fraction of sp³-hybridized carbons (Fsp3) is 0.167. The largest absolute Gasteiger partial charge is 0.342 e. The lowest BCUT2D eigenvalue weighted by atomic mass is 10.5. The number of rotatable bonds is 0. The highest BCUT2D eigenvalue weighted by Gasteiger charge is 1.99. The van der Waals surface area contributed by atoms with Crippen LogP contribution in [0, 0.1) is 14.9 Å². The van der Waals surface area contributed by atoms with Crippen LogP contribution in [0.4, 0.5) is 0 Å². The molecule has 0 aliphatic heterocycles. The molecule has 0 unspecified atom stereocenters. The second-order valence-corrected chi connectivity index (χ2v) is 2.90. The maximum absolute atomic E-state index is 8.51. The van der Waals surface area contributed by atoms with E-state index in [4.69, 9.17) is 5.26 Å². The van der Waals surface area contributed by atoms with Gasteiger partial charge >= 0.3 is 0 Å². The minimum absolute atomic E-state index is 0.732. The number of aryl methyl sites for hydroxylation is 1. The van der Waals surface area contributed by atoms with Gasteiger partial charge in [-0.3, -0.25) is 0 Å². The number of nitriles is 1. The Kier molecular flexibility index (Phi) is 1.76. The zero-order valence-electron chi connectivity index (χ0n) is 4.93. The van der Waals surface area contributed by atoms with Crippen molar-refractivity contribution in [3.8, 4) is 6.07 Å². The fourth-order valence-electron chi connectivity index (χ4n) is 0.631. The third kappa shape index (κ3) is 1.08. The predicted octanol–water partition coefficient (Wildman–Crippen LogP) is 1.50. The molecule has 0 amide bonds. The van der Waals surface area contributed by atoms with E-state index < -0.39 is 0 Å². The summed E-state index contributed by atoms with van der Waals surface area (Å²) in [6.45, 7) is 0. The third-order valence-electron chi connectivity index (χ3n) is 1.13. The number of nitrogens with zero attached hydrogens (tertiary/aromatic N) is 2. The normalized spacial score (nSPS) is 9.00. The van der Waals surface area contributed by atoms with E-state index >= 15 is 0 Å². The molecule has 0 spiro atoms. The number of hydrogen-bond acceptors (Lipinski definition) is 1. The molecule has 0 fully saturated rings. The molecule has 0 saturated carbocycles. The molecule has 1 aromatic heterocycles. The van der Waals surface area contributed by atoms with Crippen LogP contribution in [0.25, 0.3) is 0 Å². The first kappa shape index (κ1) is 6.62. The van der Waals surface area contributed by atoms with Crippen LogP contribution in [0.3, 0.4) is 0 Å². The molecule has 1 rings (SSSR count). The first-order valence-corrected chi connectivity index (χ1v) is 3.54. The van der Waals surface area contributed by atoms with Crippen LogP contribution in [0.1, 0.15) is 5.69 Å². The Hall–Kier alpha value is -0.500. The van der Waals surface area contributed by atoms with E-state index in [0.717, 1.165) is 9.26 Å². The van der Waals surface area contributed by atoms with Crippen molar-refractivity contribution in [1.29, 1.82) is 5.26 Å². The van der Waals surface area contributed by atoms with Crippen molar-refractivity contribution in [3.63, 3.8) is 0 Å². The molecule has 2 nitrogen and oxygen atoms in total. The molecule has 0 atom stereocenters. The topological polar surface area (TPSA) is 28.7 Å². The van der Waals surface area contributed by atoms with Gasteiger partial charge in [-0.1, -0.05) is 0 Å². The van der Waals surface area contributed by atoms with Crippen LogP contribution >= 0.6 is 22.6 Å².